The molecule has 3 aromatic rings. The van der Waals surface area contributed by atoms with Gasteiger partial charge in [-0.15, -0.1) is 0 Å². The number of para-hydroxylation sites is 1. The van der Waals surface area contributed by atoms with Crippen molar-refractivity contribution in [2.45, 2.75) is 39.7 Å². The number of ether oxygens (including phenoxy) is 1. The first-order valence-electron chi connectivity index (χ1n) is 11.1. The zero-order chi connectivity index (χ0) is 22.5. The van der Waals surface area contributed by atoms with Crippen LogP contribution in [0.5, 0.6) is 5.75 Å². The highest BCUT2D eigenvalue weighted by atomic mass is 16.5. The normalized spacial score (nSPS) is 14.8. The molecule has 0 spiro atoms. The molecule has 1 aliphatic rings. The highest BCUT2D eigenvalue weighted by Crippen LogP contribution is 2.28. The Hall–Kier alpha value is -3.61. The zero-order valence-corrected chi connectivity index (χ0v) is 18.8. The molecule has 0 radical (unpaired) electrons. The Morgan fingerprint density at radius 1 is 1.06 bits per heavy atom. The molecule has 166 valence electrons. The Labute approximate surface area is 188 Å². The maximum Gasteiger partial charge on any atom is 0.265 e. The van der Waals surface area contributed by atoms with Crippen LogP contribution < -0.4 is 20.3 Å². The molecule has 2 aromatic carbocycles. The lowest BCUT2D eigenvalue weighted by Gasteiger charge is -2.25. The minimum atomic E-state index is -0.484. The highest BCUT2D eigenvalue weighted by molar-refractivity contribution is 5.94. The number of aromatic nitrogens is 2. The Morgan fingerprint density at radius 2 is 1.78 bits per heavy atom. The summed E-state index contributed by atoms with van der Waals surface area (Å²) in [4.78, 5) is 24.0. The topological polar surface area (TPSA) is 79.4 Å². The Kier molecular flexibility index (Phi) is 6.54. The van der Waals surface area contributed by atoms with Gasteiger partial charge in [0.05, 0.1) is 0 Å². The monoisotopic (exact) mass is 431 g/mol. The Bertz CT molecular complexity index is 1080. The van der Waals surface area contributed by atoms with Crippen molar-refractivity contribution in [3.8, 4) is 5.75 Å². The Balaban J connectivity index is 1.39. The second-order valence-corrected chi connectivity index (χ2v) is 7.81. The number of carbonyl (C=O) groups is 1. The third-order valence-electron chi connectivity index (χ3n) is 5.55. The number of hydrogen-bond acceptors (Lipinski definition) is 6. The highest BCUT2D eigenvalue weighted by Gasteiger charge is 2.25. The van der Waals surface area contributed by atoms with Gasteiger partial charge >= 0.3 is 0 Å². The molecule has 0 fully saturated rings. The maximum atomic E-state index is 12.7. The van der Waals surface area contributed by atoms with Crippen LogP contribution in [0.25, 0.3) is 0 Å². The average Bonchev–Trinajstić information content (AvgIpc) is 2.80. The molecule has 1 aromatic heterocycles. The van der Waals surface area contributed by atoms with E-state index < -0.39 is 6.10 Å². The van der Waals surface area contributed by atoms with Crippen molar-refractivity contribution in [3.63, 3.8) is 0 Å². The molecule has 0 saturated carbocycles. The smallest absolute Gasteiger partial charge is 0.265 e. The molecule has 0 saturated heterocycles. The molecule has 0 unspecified atom stereocenters. The minimum absolute atomic E-state index is 0.133. The van der Waals surface area contributed by atoms with Crippen LogP contribution in [-0.4, -0.2) is 35.1 Å². The van der Waals surface area contributed by atoms with E-state index in [-0.39, 0.29) is 5.91 Å². The fourth-order valence-corrected chi connectivity index (χ4v) is 3.81. The second-order valence-electron chi connectivity index (χ2n) is 7.81. The number of nitrogens with one attached hydrogen (secondary N) is 2. The molecule has 32 heavy (non-hydrogen) atoms. The summed E-state index contributed by atoms with van der Waals surface area (Å²) in [7, 11) is 0. The number of carbonyl (C=O) groups excluding carboxylic acids is 1. The second kappa shape index (κ2) is 9.68. The fraction of sp³-hybridized carbons (Fsp3) is 0.320. The fourth-order valence-electron chi connectivity index (χ4n) is 3.81. The van der Waals surface area contributed by atoms with E-state index in [0.29, 0.717) is 12.4 Å². The third-order valence-corrected chi connectivity index (χ3v) is 5.55. The van der Waals surface area contributed by atoms with E-state index in [1.165, 1.54) is 0 Å². The molecule has 2 N–H and O–H groups in total. The summed E-state index contributed by atoms with van der Waals surface area (Å²) in [6.07, 6.45) is 1.02. The Morgan fingerprint density at radius 3 is 2.53 bits per heavy atom. The number of hydrogen-bond donors (Lipinski definition) is 2. The molecule has 0 aliphatic carbocycles. The van der Waals surface area contributed by atoms with E-state index in [0.717, 1.165) is 53.7 Å². The number of amides is 1. The first-order valence-corrected chi connectivity index (χ1v) is 11.1. The third kappa shape index (κ3) is 4.99. The SMILES string of the molecule is CCN(CC)c1cc(C)nc(Nc2ccc(NC(=O)[C@@H]3CCc4ccccc4O3)cc2)n1. The van der Waals surface area contributed by atoms with E-state index in [1.54, 1.807) is 0 Å². The maximum absolute atomic E-state index is 12.7. The summed E-state index contributed by atoms with van der Waals surface area (Å²) in [5.74, 6) is 2.12. The van der Waals surface area contributed by atoms with Gasteiger partial charge in [-0.05, 0) is 69.5 Å². The molecule has 1 atom stereocenters. The summed E-state index contributed by atoms with van der Waals surface area (Å²) in [6, 6.07) is 17.4. The van der Waals surface area contributed by atoms with Gasteiger partial charge in [0.1, 0.15) is 11.6 Å². The van der Waals surface area contributed by atoms with Gasteiger partial charge in [0, 0.05) is 36.2 Å². The van der Waals surface area contributed by atoms with Crippen LogP contribution in [0.1, 0.15) is 31.5 Å². The molecule has 0 bridgehead atoms. The van der Waals surface area contributed by atoms with Crippen molar-refractivity contribution in [2.24, 2.45) is 0 Å². The average molecular weight is 432 g/mol. The number of anilines is 4. The summed E-state index contributed by atoms with van der Waals surface area (Å²) < 4.78 is 5.88. The van der Waals surface area contributed by atoms with Gasteiger partial charge in [-0.25, -0.2) is 4.98 Å². The molecule has 4 rings (SSSR count). The predicted molar refractivity (Wildman–Crippen MR) is 128 cm³/mol. The number of rotatable bonds is 7. The lowest BCUT2D eigenvalue weighted by molar-refractivity contribution is -0.123. The number of benzene rings is 2. The molecular formula is C25H29N5O2. The van der Waals surface area contributed by atoms with E-state index in [4.69, 9.17) is 4.74 Å². The van der Waals surface area contributed by atoms with Crippen LogP contribution in [0, 0.1) is 6.92 Å². The summed E-state index contributed by atoms with van der Waals surface area (Å²) in [6.45, 7) is 7.95. The van der Waals surface area contributed by atoms with E-state index >= 15 is 0 Å². The quantitative estimate of drug-likeness (QED) is 0.564. The number of nitrogens with zero attached hydrogens (tertiary/aromatic N) is 3. The van der Waals surface area contributed by atoms with Crippen molar-refractivity contribution in [3.05, 3.63) is 65.9 Å². The van der Waals surface area contributed by atoms with Crippen molar-refractivity contribution in [1.29, 1.82) is 0 Å². The lowest BCUT2D eigenvalue weighted by atomic mass is 10.0. The first-order chi connectivity index (χ1) is 15.6. The number of aryl methyl sites for hydroxylation is 2. The summed E-state index contributed by atoms with van der Waals surface area (Å²) >= 11 is 0. The van der Waals surface area contributed by atoms with Crippen LogP contribution in [0.15, 0.2) is 54.6 Å². The molecular weight excluding hydrogens is 402 g/mol. The standard InChI is InChI=1S/C25H29N5O2/c1-4-30(5-2)23-16-17(3)26-25(29-23)28-20-13-11-19(12-14-20)27-24(31)22-15-10-18-8-6-7-9-21(18)32-22/h6-9,11-14,16,22H,4-5,10,15H2,1-3H3,(H,27,31)(H,26,28,29)/t22-/m0/s1. The first kappa shape index (κ1) is 21.6. The van der Waals surface area contributed by atoms with Crippen LogP contribution in [-0.2, 0) is 11.2 Å². The van der Waals surface area contributed by atoms with Crippen molar-refractivity contribution in [1.82, 2.24) is 9.97 Å². The molecule has 1 amide bonds. The van der Waals surface area contributed by atoms with Crippen molar-refractivity contribution < 1.29 is 9.53 Å². The predicted octanol–water partition coefficient (Wildman–Crippen LogP) is 4.71. The molecule has 2 heterocycles. The minimum Gasteiger partial charge on any atom is -0.480 e. The van der Waals surface area contributed by atoms with Crippen molar-refractivity contribution >= 4 is 29.0 Å². The van der Waals surface area contributed by atoms with E-state index in [9.17, 15) is 4.79 Å². The number of fused-ring (bicyclic) bond motifs is 1. The molecule has 7 nitrogen and oxygen atoms in total. The van der Waals surface area contributed by atoms with Gasteiger partial charge in [0.15, 0.2) is 6.10 Å². The van der Waals surface area contributed by atoms with Gasteiger partial charge in [-0.2, -0.15) is 4.98 Å². The van der Waals surface area contributed by atoms with Crippen LogP contribution in [0.4, 0.5) is 23.1 Å². The molecule has 7 heteroatoms. The van der Waals surface area contributed by atoms with E-state index in [1.807, 2.05) is 61.5 Å². The van der Waals surface area contributed by atoms with Gasteiger partial charge in [0.2, 0.25) is 5.95 Å². The summed E-state index contributed by atoms with van der Waals surface area (Å²) in [5.41, 5.74) is 3.62. The van der Waals surface area contributed by atoms with Gasteiger partial charge in [-0.3, -0.25) is 4.79 Å². The van der Waals surface area contributed by atoms with Crippen molar-refractivity contribution in [2.75, 3.05) is 28.6 Å². The lowest BCUT2D eigenvalue weighted by Crippen LogP contribution is -2.35. The van der Waals surface area contributed by atoms with Crippen LogP contribution >= 0.6 is 0 Å². The van der Waals surface area contributed by atoms with E-state index in [2.05, 4.69) is 39.3 Å². The largest absolute Gasteiger partial charge is 0.480 e. The molecule has 1 aliphatic heterocycles. The van der Waals surface area contributed by atoms with Crippen LogP contribution in [0.3, 0.4) is 0 Å². The summed E-state index contributed by atoms with van der Waals surface area (Å²) in [5, 5.41) is 6.21. The van der Waals surface area contributed by atoms with Gasteiger partial charge in [-0.1, -0.05) is 18.2 Å². The zero-order valence-electron chi connectivity index (χ0n) is 18.8. The van der Waals surface area contributed by atoms with Gasteiger partial charge < -0.3 is 20.3 Å². The van der Waals surface area contributed by atoms with Gasteiger partial charge in [0.25, 0.3) is 5.91 Å². The van der Waals surface area contributed by atoms with Crippen LogP contribution in [0.2, 0.25) is 0 Å².